The van der Waals surface area contributed by atoms with Crippen LogP contribution in [0.3, 0.4) is 0 Å². The summed E-state index contributed by atoms with van der Waals surface area (Å²) in [6.45, 7) is 0. The van der Waals surface area contributed by atoms with Gasteiger partial charge in [0, 0.05) is 16.7 Å². The minimum Gasteiger partial charge on any atom is -0.508 e. The highest BCUT2D eigenvalue weighted by Gasteiger charge is 2.49. The fourth-order valence-corrected chi connectivity index (χ4v) is 4.56. The first kappa shape index (κ1) is 23.8. The molecule has 0 bridgehead atoms. The van der Waals surface area contributed by atoms with E-state index in [2.05, 4.69) is 0 Å². The monoisotopic (exact) mass is 494 g/mol. The molecule has 3 aromatic carbocycles. The number of hydrogen-bond acceptors (Lipinski definition) is 9. The molecular formula is C26H22O10. The van der Waals surface area contributed by atoms with E-state index in [-0.39, 0.29) is 11.5 Å². The minimum absolute atomic E-state index is 0.0493. The fourth-order valence-electron chi connectivity index (χ4n) is 4.56. The van der Waals surface area contributed by atoms with E-state index in [1.54, 1.807) is 48.5 Å². The quantitative estimate of drug-likeness (QED) is 0.325. The largest absolute Gasteiger partial charge is 0.508 e. The van der Waals surface area contributed by atoms with Gasteiger partial charge in [0.15, 0.2) is 11.7 Å². The number of rotatable bonds is 5. The van der Waals surface area contributed by atoms with Crippen molar-refractivity contribution in [2.45, 2.75) is 36.3 Å². The number of carboxylic acid groups (broad SMARTS) is 1. The number of phenolic OH excluding ortho intramolecular Hbond substituents is 1. The fraction of sp³-hybridized carbons (Fsp3) is 0.231. The molecule has 2 aliphatic rings. The van der Waals surface area contributed by atoms with Crippen molar-refractivity contribution in [3.63, 3.8) is 0 Å². The predicted octanol–water partition coefficient (Wildman–Crippen LogP) is 1.13. The van der Waals surface area contributed by atoms with E-state index in [0.717, 1.165) is 0 Å². The molecule has 6 atom stereocenters. The van der Waals surface area contributed by atoms with Crippen LogP contribution >= 0.6 is 0 Å². The van der Waals surface area contributed by atoms with E-state index in [1.807, 2.05) is 0 Å². The highest BCUT2D eigenvalue weighted by molar-refractivity contribution is 5.96. The molecule has 0 aliphatic carbocycles. The molecule has 0 radical (unpaired) electrons. The number of hydrogen-bond donors (Lipinski definition) is 5. The molecule has 10 nitrogen and oxygen atoms in total. The first-order valence-corrected chi connectivity index (χ1v) is 11.0. The Morgan fingerprint density at radius 3 is 2.08 bits per heavy atom. The zero-order chi connectivity index (χ0) is 25.6. The number of benzene rings is 3. The van der Waals surface area contributed by atoms with Crippen molar-refractivity contribution in [3.8, 4) is 11.5 Å². The molecule has 5 N–H and O–H groups in total. The number of carbonyl (C=O) groups is 2. The van der Waals surface area contributed by atoms with Gasteiger partial charge in [-0.15, -0.1) is 0 Å². The molecule has 0 aromatic heterocycles. The summed E-state index contributed by atoms with van der Waals surface area (Å²) in [6.07, 6.45) is -8.69. The predicted molar refractivity (Wildman–Crippen MR) is 121 cm³/mol. The lowest BCUT2D eigenvalue weighted by atomic mass is 9.80. The number of aromatic hydroxyl groups is 1. The third-order valence-corrected chi connectivity index (χ3v) is 6.37. The maximum Gasteiger partial charge on any atom is 0.340 e. The minimum atomic E-state index is -1.83. The summed E-state index contributed by atoms with van der Waals surface area (Å²) in [4.78, 5) is 24.1. The van der Waals surface area contributed by atoms with Crippen LogP contribution < -0.4 is 4.74 Å². The Kier molecular flexibility index (Phi) is 5.89. The van der Waals surface area contributed by atoms with Crippen LogP contribution in [-0.4, -0.2) is 68.2 Å². The van der Waals surface area contributed by atoms with Crippen LogP contribution in [0.25, 0.3) is 0 Å². The van der Waals surface area contributed by atoms with Crippen molar-refractivity contribution in [1.29, 1.82) is 0 Å². The summed E-state index contributed by atoms with van der Waals surface area (Å²) in [5, 5.41) is 49.1. The van der Waals surface area contributed by atoms with E-state index in [9.17, 15) is 35.1 Å². The number of cyclic esters (lactones) is 1. The van der Waals surface area contributed by atoms with Crippen LogP contribution in [0.1, 0.15) is 27.0 Å². The summed E-state index contributed by atoms with van der Waals surface area (Å²) in [7, 11) is 0. The van der Waals surface area contributed by atoms with Crippen molar-refractivity contribution in [1.82, 2.24) is 0 Å². The molecule has 1 fully saturated rings. The van der Waals surface area contributed by atoms with Crippen LogP contribution in [0.15, 0.2) is 72.8 Å². The second-order valence-electron chi connectivity index (χ2n) is 8.54. The Balaban J connectivity index is 1.50. The van der Waals surface area contributed by atoms with Crippen LogP contribution in [-0.2, 0) is 19.9 Å². The Labute approximate surface area is 204 Å². The molecule has 2 heterocycles. The van der Waals surface area contributed by atoms with Gasteiger partial charge in [-0.05, 0) is 30.3 Å². The van der Waals surface area contributed by atoms with Crippen molar-refractivity contribution in [2.75, 3.05) is 0 Å². The van der Waals surface area contributed by atoms with Crippen molar-refractivity contribution in [3.05, 3.63) is 95.1 Å². The van der Waals surface area contributed by atoms with Gasteiger partial charge in [0.25, 0.3) is 0 Å². The van der Waals surface area contributed by atoms with Crippen molar-refractivity contribution in [2.24, 2.45) is 0 Å². The van der Waals surface area contributed by atoms with Gasteiger partial charge in [0.2, 0.25) is 6.29 Å². The molecule has 10 heteroatoms. The number of aliphatic hydroxyl groups is 3. The van der Waals surface area contributed by atoms with Crippen molar-refractivity contribution >= 4 is 11.9 Å². The van der Waals surface area contributed by atoms with Gasteiger partial charge in [-0.25, -0.2) is 9.59 Å². The highest BCUT2D eigenvalue weighted by Crippen LogP contribution is 2.47. The maximum atomic E-state index is 12.8. The number of phenols is 1. The summed E-state index contributed by atoms with van der Waals surface area (Å²) in [5.41, 5.74) is 0.858. The first-order valence-electron chi connectivity index (χ1n) is 11.0. The number of carbonyl (C=O) groups excluding carboxylic acids is 1. The average Bonchev–Trinajstić information content (AvgIpc) is 3.18. The summed E-state index contributed by atoms with van der Waals surface area (Å²) < 4.78 is 16.7. The Morgan fingerprint density at radius 1 is 0.833 bits per heavy atom. The molecule has 0 amide bonds. The van der Waals surface area contributed by atoms with Crippen LogP contribution in [0.5, 0.6) is 11.5 Å². The van der Waals surface area contributed by atoms with Crippen LogP contribution in [0.2, 0.25) is 0 Å². The number of aliphatic carboxylic acids is 1. The Morgan fingerprint density at radius 2 is 1.44 bits per heavy atom. The van der Waals surface area contributed by atoms with Gasteiger partial charge in [0.1, 0.15) is 29.8 Å². The molecule has 0 saturated carbocycles. The topological polar surface area (TPSA) is 163 Å². The van der Waals surface area contributed by atoms with Gasteiger partial charge in [-0.1, -0.05) is 42.5 Å². The molecule has 186 valence electrons. The second-order valence-corrected chi connectivity index (χ2v) is 8.54. The van der Waals surface area contributed by atoms with E-state index in [0.29, 0.717) is 22.3 Å². The lowest BCUT2D eigenvalue weighted by Gasteiger charge is -2.38. The summed E-state index contributed by atoms with van der Waals surface area (Å²) in [6, 6.07) is 19.5. The van der Waals surface area contributed by atoms with Crippen molar-refractivity contribution < 1.29 is 49.3 Å². The lowest BCUT2D eigenvalue weighted by molar-refractivity contribution is -0.271. The molecule has 0 unspecified atom stereocenters. The third kappa shape index (κ3) is 3.76. The standard InChI is InChI=1S/C26H22O10/c27-15-9-5-13(6-10-15)26(18-4-2-1-3-17(18)24(33)36-26)14-7-11-16(12-8-14)34-25-21(30)19(28)20(29)22(35-25)23(31)32/h1-12,19-22,25,27-30H,(H,31,32)/t19-,20+,21-,22-,25+,26-/m1/s1. The van der Waals surface area contributed by atoms with Gasteiger partial charge in [-0.3, -0.25) is 0 Å². The number of aliphatic hydroxyl groups excluding tert-OH is 3. The Hall–Kier alpha value is -3.96. The smallest absolute Gasteiger partial charge is 0.340 e. The molecule has 2 aliphatic heterocycles. The number of fused-ring (bicyclic) bond motifs is 1. The third-order valence-electron chi connectivity index (χ3n) is 6.37. The first-order chi connectivity index (χ1) is 17.2. The SMILES string of the molecule is O=C1O[C@](c2ccc(O)cc2)(c2ccc(O[C@H]3O[C@@H](C(=O)O)[C@@H](O)[C@@H](O)[C@H]3O)cc2)c2ccccc21. The summed E-state index contributed by atoms with van der Waals surface area (Å²) in [5.74, 6) is -1.82. The Bertz CT molecular complexity index is 1290. The van der Waals surface area contributed by atoms with Gasteiger partial charge in [-0.2, -0.15) is 0 Å². The molecule has 1 saturated heterocycles. The molecule has 36 heavy (non-hydrogen) atoms. The molecule has 0 spiro atoms. The zero-order valence-electron chi connectivity index (χ0n) is 18.6. The van der Waals surface area contributed by atoms with E-state index < -0.39 is 48.2 Å². The number of ether oxygens (including phenoxy) is 3. The molecule has 3 aromatic rings. The van der Waals surface area contributed by atoms with Crippen LogP contribution in [0.4, 0.5) is 0 Å². The van der Waals surface area contributed by atoms with Gasteiger partial charge < -0.3 is 39.7 Å². The van der Waals surface area contributed by atoms with E-state index in [4.69, 9.17) is 14.2 Å². The lowest BCUT2D eigenvalue weighted by Crippen LogP contribution is -2.61. The van der Waals surface area contributed by atoms with Gasteiger partial charge in [0.05, 0.1) is 5.56 Å². The van der Waals surface area contributed by atoms with E-state index in [1.165, 1.54) is 24.3 Å². The summed E-state index contributed by atoms with van der Waals surface area (Å²) >= 11 is 0. The van der Waals surface area contributed by atoms with E-state index >= 15 is 0 Å². The van der Waals surface area contributed by atoms with Gasteiger partial charge >= 0.3 is 11.9 Å². The van der Waals surface area contributed by atoms with Crippen LogP contribution in [0, 0.1) is 0 Å². The molecular weight excluding hydrogens is 472 g/mol. The maximum absolute atomic E-state index is 12.8. The number of esters is 1. The molecule has 5 rings (SSSR count). The highest BCUT2D eigenvalue weighted by atomic mass is 16.7. The number of carboxylic acids is 1. The average molecular weight is 494 g/mol. The normalized spacial score (nSPS) is 29.3. The zero-order valence-corrected chi connectivity index (χ0v) is 18.6. The second kappa shape index (κ2) is 8.92.